The summed E-state index contributed by atoms with van der Waals surface area (Å²) in [6.45, 7) is 4.28. The number of hydrogen-bond donors (Lipinski definition) is 0. The van der Waals surface area contributed by atoms with Gasteiger partial charge >= 0.3 is 0 Å². The molecule has 0 saturated carbocycles. The van der Waals surface area contributed by atoms with E-state index in [1.165, 1.54) is 31.7 Å². The first-order valence-electron chi connectivity index (χ1n) is 6.51. The number of allylic oxidation sites excluding steroid dienone is 1. The number of rotatable bonds is 2. The Labute approximate surface area is 118 Å². The Kier molecular flexibility index (Phi) is 3.22. The van der Waals surface area contributed by atoms with Crippen molar-refractivity contribution in [2.45, 2.75) is 13.8 Å². The SMILES string of the molecule is C/C=C\c1c(C)sc2cccc(-c3ccccc3)c12. The molecule has 0 spiro atoms. The first-order chi connectivity index (χ1) is 9.31. The Morgan fingerprint density at radius 3 is 2.47 bits per heavy atom. The lowest BCUT2D eigenvalue weighted by Gasteiger charge is -2.05. The maximum Gasteiger partial charge on any atom is 0.0358 e. The first-order valence-corrected chi connectivity index (χ1v) is 7.33. The Morgan fingerprint density at radius 2 is 1.74 bits per heavy atom. The summed E-state index contributed by atoms with van der Waals surface area (Å²) < 4.78 is 1.37. The molecule has 0 aliphatic heterocycles. The summed E-state index contributed by atoms with van der Waals surface area (Å²) in [4.78, 5) is 1.39. The van der Waals surface area contributed by atoms with Crippen molar-refractivity contribution >= 4 is 27.5 Å². The average Bonchev–Trinajstić information content (AvgIpc) is 2.76. The van der Waals surface area contributed by atoms with Crippen LogP contribution in [0.15, 0.2) is 54.6 Å². The lowest BCUT2D eigenvalue weighted by Crippen LogP contribution is -1.80. The van der Waals surface area contributed by atoms with Crippen LogP contribution in [0.2, 0.25) is 0 Å². The van der Waals surface area contributed by atoms with Gasteiger partial charge in [-0.05, 0) is 36.6 Å². The van der Waals surface area contributed by atoms with Crippen LogP contribution >= 0.6 is 11.3 Å². The average molecular weight is 264 g/mol. The van der Waals surface area contributed by atoms with Crippen molar-refractivity contribution in [1.29, 1.82) is 0 Å². The van der Waals surface area contributed by atoms with Crippen LogP contribution in [0.4, 0.5) is 0 Å². The summed E-state index contributed by atoms with van der Waals surface area (Å²) in [5.74, 6) is 0. The van der Waals surface area contributed by atoms with Gasteiger partial charge in [0.1, 0.15) is 0 Å². The molecule has 0 aliphatic carbocycles. The lowest BCUT2D eigenvalue weighted by molar-refractivity contribution is 1.60. The monoisotopic (exact) mass is 264 g/mol. The quantitative estimate of drug-likeness (QED) is 0.539. The van der Waals surface area contributed by atoms with Crippen LogP contribution in [-0.2, 0) is 0 Å². The fourth-order valence-electron chi connectivity index (χ4n) is 2.52. The second-order valence-electron chi connectivity index (χ2n) is 4.62. The molecule has 3 rings (SSSR count). The summed E-state index contributed by atoms with van der Waals surface area (Å²) in [7, 11) is 0. The van der Waals surface area contributed by atoms with Gasteiger partial charge in [0.05, 0.1) is 0 Å². The Morgan fingerprint density at radius 1 is 0.947 bits per heavy atom. The molecule has 0 unspecified atom stereocenters. The normalized spacial score (nSPS) is 11.5. The molecule has 0 radical (unpaired) electrons. The maximum atomic E-state index is 2.22. The van der Waals surface area contributed by atoms with Gasteiger partial charge in [-0.2, -0.15) is 0 Å². The topological polar surface area (TPSA) is 0 Å². The minimum absolute atomic E-state index is 1.29. The highest BCUT2D eigenvalue weighted by Crippen LogP contribution is 2.38. The van der Waals surface area contributed by atoms with Gasteiger partial charge in [-0.3, -0.25) is 0 Å². The molecule has 1 aromatic heterocycles. The summed E-state index contributed by atoms with van der Waals surface area (Å²) in [6.07, 6.45) is 4.34. The predicted molar refractivity (Wildman–Crippen MR) is 86.7 cm³/mol. The molecule has 0 saturated heterocycles. The fourth-order valence-corrected chi connectivity index (χ4v) is 3.59. The lowest BCUT2D eigenvalue weighted by atomic mass is 9.98. The highest BCUT2D eigenvalue weighted by Gasteiger charge is 2.11. The van der Waals surface area contributed by atoms with Crippen molar-refractivity contribution in [3.05, 3.63) is 65.0 Å². The van der Waals surface area contributed by atoms with Gasteiger partial charge in [0.15, 0.2) is 0 Å². The molecule has 94 valence electrons. The zero-order chi connectivity index (χ0) is 13.2. The molecule has 0 fully saturated rings. The van der Waals surface area contributed by atoms with Gasteiger partial charge in [0, 0.05) is 15.0 Å². The number of aryl methyl sites for hydroxylation is 1. The highest BCUT2D eigenvalue weighted by molar-refractivity contribution is 7.19. The molecule has 0 N–H and O–H groups in total. The minimum atomic E-state index is 1.29. The van der Waals surface area contributed by atoms with E-state index in [1.807, 2.05) is 11.3 Å². The second kappa shape index (κ2) is 5.02. The van der Waals surface area contributed by atoms with Crippen molar-refractivity contribution < 1.29 is 0 Å². The van der Waals surface area contributed by atoms with E-state index in [2.05, 4.69) is 74.5 Å². The third kappa shape index (κ3) is 2.11. The fraction of sp³-hybridized carbons (Fsp3) is 0.111. The number of benzene rings is 2. The van der Waals surface area contributed by atoms with Crippen LogP contribution < -0.4 is 0 Å². The molecular weight excluding hydrogens is 248 g/mol. The molecule has 3 aromatic rings. The van der Waals surface area contributed by atoms with Crippen molar-refractivity contribution in [3.63, 3.8) is 0 Å². The first kappa shape index (κ1) is 12.2. The van der Waals surface area contributed by atoms with Crippen molar-refractivity contribution in [3.8, 4) is 11.1 Å². The van der Waals surface area contributed by atoms with Gasteiger partial charge in [-0.25, -0.2) is 0 Å². The molecule has 0 bridgehead atoms. The van der Waals surface area contributed by atoms with Crippen LogP contribution in [0.25, 0.3) is 27.3 Å². The summed E-state index contributed by atoms with van der Waals surface area (Å²) in [6, 6.07) is 17.2. The number of thiophene rings is 1. The zero-order valence-corrected chi connectivity index (χ0v) is 12.0. The Balaban J connectivity index is 2.37. The number of hydrogen-bond acceptors (Lipinski definition) is 1. The van der Waals surface area contributed by atoms with Gasteiger partial charge in [0.25, 0.3) is 0 Å². The van der Waals surface area contributed by atoms with Crippen LogP contribution in [0.1, 0.15) is 17.4 Å². The van der Waals surface area contributed by atoms with E-state index in [1.54, 1.807) is 0 Å². The molecule has 2 aromatic carbocycles. The van der Waals surface area contributed by atoms with Crippen LogP contribution in [0.3, 0.4) is 0 Å². The Hall–Kier alpha value is -1.86. The minimum Gasteiger partial charge on any atom is -0.140 e. The van der Waals surface area contributed by atoms with E-state index in [-0.39, 0.29) is 0 Å². The smallest absolute Gasteiger partial charge is 0.0358 e. The van der Waals surface area contributed by atoms with E-state index in [9.17, 15) is 0 Å². The van der Waals surface area contributed by atoms with Gasteiger partial charge < -0.3 is 0 Å². The summed E-state index contributed by atoms with van der Waals surface area (Å²) in [5.41, 5.74) is 3.98. The van der Waals surface area contributed by atoms with Crippen LogP contribution in [0.5, 0.6) is 0 Å². The van der Waals surface area contributed by atoms with Crippen LogP contribution in [0, 0.1) is 6.92 Å². The molecule has 0 aliphatic rings. The van der Waals surface area contributed by atoms with Crippen molar-refractivity contribution in [2.75, 3.05) is 0 Å². The number of fused-ring (bicyclic) bond motifs is 1. The van der Waals surface area contributed by atoms with Gasteiger partial charge in [-0.1, -0.05) is 54.6 Å². The van der Waals surface area contributed by atoms with Crippen LogP contribution in [-0.4, -0.2) is 0 Å². The third-order valence-electron chi connectivity index (χ3n) is 3.36. The van der Waals surface area contributed by atoms with Gasteiger partial charge in [-0.15, -0.1) is 11.3 Å². The molecule has 1 heterocycles. The zero-order valence-electron chi connectivity index (χ0n) is 11.2. The highest BCUT2D eigenvalue weighted by atomic mass is 32.1. The van der Waals surface area contributed by atoms with E-state index in [0.717, 1.165) is 0 Å². The summed E-state index contributed by atoms with van der Waals surface area (Å²) >= 11 is 1.88. The molecule has 0 atom stereocenters. The second-order valence-corrected chi connectivity index (χ2v) is 5.87. The van der Waals surface area contributed by atoms with E-state index in [4.69, 9.17) is 0 Å². The molecule has 19 heavy (non-hydrogen) atoms. The van der Waals surface area contributed by atoms with E-state index in [0.29, 0.717) is 0 Å². The van der Waals surface area contributed by atoms with Gasteiger partial charge in [0.2, 0.25) is 0 Å². The Bertz CT molecular complexity index is 733. The van der Waals surface area contributed by atoms with Crippen molar-refractivity contribution in [2.24, 2.45) is 0 Å². The molecular formula is C18H16S. The molecule has 0 amide bonds. The summed E-state index contributed by atoms with van der Waals surface area (Å²) in [5, 5.41) is 1.38. The van der Waals surface area contributed by atoms with E-state index >= 15 is 0 Å². The molecule has 1 heteroatoms. The standard InChI is InChI=1S/C18H16S/c1-3-8-15-13(2)19-17-12-7-11-16(18(15)17)14-9-5-4-6-10-14/h3-12H,1-2H3/b8-3-. The molecule has 0 nitrogen and oxygen atoms in total. The predicted octanol–water partition coefficient (Wildman–Crippen LogP) is 5.91. The van der Waals surface area contributed by atoms with Crippen molar-refractivity contribution in [1.82, 2.24) is 0 Å². The third-order valence-corrected chi connectivity index (χ3v) is 4.44. The maximum absolute atomic E-state index is 2.22. The van der Waals surface area contributed by atoms with E-state index < -0.39 is 0 Å². The largest absolute Gasteiger partial charge is 0.140 e.